The van der Waals surface area contributed by atoms with E-state index in [1.54, 1.807) is 0 Å². The zero-order valence-electron chi connectivity index (χ0n) is 6.63. The van der Waals surface area contributed by atoms with Gasteiger partial charge in [-0.15, -0.1) is 0 Å². The predicted molar refractivity (Wildman–Crippen MR) is 40.4 cm³/mol. The summed E-state index contributed by atoms with van der Waals surface area (Å²) in [6, 6.07) is 0. The number of aliphatic hydroxyl groups excluding tert-OH is 4. The fourth-order valence-corrected chi connectivity index (χ4v) is 0.724. The summed E-state index contributed by atoms with van der Waals surface area (Å²) in [6.45, 7) is -0.529. The van der Waals surface area contributed by atoms with Gasteiger partial charge in [0.15, 0.2) is 0 Å². The molecule has 3 unspecified atom stereocenters. The summed E-state index contributed by atoms with van der Waals surface area (Å²) in [6.07, 6.45) is -2.87. The molecule has 0 bridgehead atoms. The Labute approximate surface area is 70.3 Å². The molecule has 12 heavy (non-hydrogen) atoms. The molecule has 0 saturated heterocycles. The fourth-order valence-electron chi connectivity index (χ4n) is 0.724. The number of carbonyl (C=O) groups excluding carboxylic acids is 1. The first-order valence-electron chi connectivity index (χ1n) is 3.72. The summed E-state index contributed by atoms with van der Waals surface area (Å²) < 4.78 is 0. The second-order valence-corrected chi connectivity index (χ2v) is 2.60. The fraction of sp³-hybridized carbons (Fsp3) is 0.857. The Morgan fingerprint density at radius 2 is 1.67 bits per heavy atom. The molecule has 0 spiro atoms. The van der Waals surface area contributed by atoms with E-state index >= 15 is 0 Å². The van der Waals surface area contributed by atoms with Crippen molar-refractivity contribution in [1.29, 1.82) is 0 Å². The number of rotatable bonds is 6. The zero-order valence-corrected chi connectivity index (χ0v) is 6.63. The molecule has 5 heteroatoms. The maximum Gasteiger partial charge on any atom is 0.148 e. The third kappa shape index (κ3) is 4.40. The van der Waals surface area contributed by atoms with Crippen LogP contribution in [0.25, 0.3) is 0 Å². The highest BCUT2D eigenvalue weighted by Crippen LogP contribution is 2.04. The van der Waals surface area contributed by atoms with Crippen molar-refractivity contribution in [3.63, 3.8) is 0 Å². The van der Waals surface area contributed by atoms with Gasteiger partial charge in [-0.25, -0.2) is 0 Å². The molecule has 0 aliphatic carbocycles. The van der Waals surface area contributed by atoms with Crippen molar-refractivity contribution >= 4 is 6.29 Å². The van der Waals surface area contributed by atoms with E-state index in [-0.39, 0.29) is 12.8 Å². The molecule has 0 aromatic heterocycles. The highest BCUT2D eigenvalue weighted by molar-refractivity contribution is 5.55. The van der Waals surface area contributed by atoms with Gasteiger partial charge in [0.05, 0.1) is 12.7 Å². The van der Waals surface area contributed by atoms with Crippen LogP contribution in [0, 0.1) is 0 Å². The maximum atomic E-state index is 9.91. The van der Waals surface area contributed by atoms with Gasteiger partial charge < -0.3 is 25.2 Å². The molecule has 0 aromatic rings. The first-order chi connectivity index (χ1) is 5.61. The van der Waals surface area contributed by atoms with E-state index < -0.39 is 24.9 Å². The lowest BCUT2D eigenvalue weighted by Crippen LogP contribution is -2.30. The van der Waals surface area contributed by atoms with E-state index in [0.29, 0.717) is 6.29 Å². The number of aldehydes is 1. The second-order valence-electron chi connectivity index (χ2n) is 2.60. The summed E-state index contributed by atoms with van der Waals surface area (Å²) >= 11 is 0. The van der Waals surface area contributed by atoms with Crippen molar-refractivity contribution < 1.29 is 25.2 Å². The Balaban J connectivity index is 3.55. The second kappa shape index (κ2) is 6.07. The van der Waals surface area contributed by atoms with E-state index in [4.69, 9.17) is 20.4 Å². The van der Waals surface area contributed by atoms with Crippen molar-refractivity contribution in [2.45, 2.75) is 31.2 Å². The minimum absolute atomic E-state index is 0.0850. The molecule has 72 valence electrons. The van der Waals surface area contributed by atoms with Crippen LogP contribution in [-0.2, 0) is 4.79 Å². The first-order valence-corrected chi connectivity index (χ1v) is 3.72. The molecule has 5 nitrogen and oxygen atoms in total. The Bertz CT molecular complexity index is 127. The summed E-state index contributed by atoms with van der Waals surface area (Å²) in [5, 5.41) is 35.0. The third-order valence-electron chi connectivity index (χ3n) is 1.55. The summed E-state index contributed by atoms with van der Waals surface area (Å²) in [5.41, 5.74) is 0. The minimum atomic E-state index is -1.20. The van der Waals surface area contributed by atoms with Crippen LogP contribution in [0.1, 0.15) is 12.8 Å². The van der Waals surface area contributed by atoms with Gasteiger partial charge in [-0.05, 0) is 12.8 Å². The van der Waals surface area contributed by atoms with Crippen molar-refractivity contribution in [3.05, 3.63) is 0 Å². The Morgan fingerprint density at radius 1 is 1.08 bits per heavy atom. The predicted octanol–water partition coefficient (Wildman–Crippen LogP) is -1.96. The van der Waals surface area contributed by atoms with Gasteiger partial charge in [0, 0.05) is 0 Å². The van der Waals surface area contributed by atoms with E-state index in [1.165, 1.54) is 0 Å². The summed E-state index contributed by atoms with van der Waals surface area (Å²) in [4.78, 5) is 9.91. The molecule has 0 heterocycles. The molecular weight excluding hydrogens is 164 g/mol. The molecule has 0 aromatic carbocycles. The van der Waals surface area contributed by atoms with Gasteiger partial charge >= 0.3 is 0 Å². The molecule has 0 radical (unpaired) electrons. The van der Waals surface area contributed by atoms with Gasteiger partial charge in [-0.3, -0.25) is 0 Å². The number of aliphatic hydroxyl groups is 4. The molecule has 0 fully saturated rings. The Kier molecular flexibility index (Phi) is 5.83. The number of carbonyl (C=O) groups is 1. The average Bonchev–Trinajstić information content (AvgIpc) is 2.11. The third-order valence-corrected chi connectivity index (χ3v) is 1.55. The van der Waals surface area contributed by atoms with Crippen LogP contribution in [-0.4, -0.2) is 51.6 Å². The van der Waals surface area contributed by atoms with Crippen LogP contribution in [0.3, 0.4) is 0 Å². The molecule has 4 N–H and O–H groups in total. The van der Waals surface area contributed by atoms with Crippen LogP contribution in [0.2, 0.25) is 0 Å². The Morgan fingerprint density at radius 3 is 2.08 bits per heavy atom. The largest absolute Gasteiger partial charge is 0.394 e. The standard InChI is InChI=1S/C7H14O5/c8-3-5(10)1-2-6(11)7(12)4-9/h3,5-7,9-12H,1-2,4H2. The highest BCUT2D eigenvalue weighted by Gasteiger charge is 2.16. The van der Waals surface area contributed by atoms with Gasteiger partial charge in [0.1, 0.15) is 18.5 Å². The molecule has 0 amide bonds. The van der Waals surface area contributed by atoms with Crippen LogP contribution in [0.5, 0.6) is 0 Å². The van der Waals surface area contributed by atoms with Gasteiger partial charge in [0.2, 0.25) is 0 Å². The molecule has 0 aliphatic rings. The van der Waals surface area contributed by atoms with E-state index in [1.807, 2.05) is 0 Å². The molecule has 3 atom stereocenters. The highest BCUT2D eigenvalue weighted by atomic mass is 16.4. The van der Waals surface area contributed by atoms with Crippen molar-refractivity contribution in [3.8, 4) is 0 Å². The van der Waals surface area contributed by atoms with Crippen LogP contribution in [0.15, 0.2) is 0 Å². The monoisotopic (exact) mass is 178 g/mol. The molecular formula is C7H14O5. The lowest BCUT2D eigenvalue weighted by atomic mass is 10.1. The molecule has 0 saturated carbocycles. The smallest absolute Gasteiger partial charge is 0.148 e. The van der Waals surface area contributed by atoms with Crippen molar-refractivity contribution in [2.75, 3.05) is 6.61 Å². The Hall–Kier alpha value is -0.490. The molecule has 0 aliphatic heterocycles. The first kappa shape index (κ1) is 11.5. The minimum Gasteiger partial charge on any atom is -0.394 e. The van der Waals surface area contributed by atoms with Crippen LogP contribution in [0.4, 0.5) is 0 Å². The number of hydrogen-bond acceptors (Lipinski definition) is 5. The van der Waals surface area contributed by atoms with E-state index in [2.05, 4.69) is 0 Å². The maximum absolute atomic E-state index is 9.91. The van der Waals surface area contributed by atoms with E-state index in [9.17, 15) is 4.79 Å². The van der Waals surface area contributed by atoms with Gasteiger partial charge in [0.25, 0.3) is 0 Å². The van der Waals surface area contributed by atoms with Crippen LogP contribution >= 0.6 is 0 Å². The lowest BCUT2D eigenvalue weighted by Gasteiger charge is -2.15. The quantitative estimate of drug-likeness (QED) is 0.354. The van der Waals surface area contributed by atoms with Crippen molar-refractivity contribution in [1.82, 2.24) is 0 Å². The SMILES string of the molecule is O=CC(O)CCC(O)C(O)CO. The van der Waals surface area contributed by atoms with Crippen molar-refractivity contribution in [2.24, 2.45) is 0 Å². The lowest BCUT2D eigenvalue weighted by molar-refractivity contribution is -0.115. The summed E-state index contributed by atoms with van der Waals surface area (Å²) in [7, 11) is 0. The van der Waals surface area contributed by atoms with Gasteiger partial charge in [-0.2, -0.15) is 0 Å². The molecule has 0 rings (SSSR count). The number of hydrogen-bond donors (Lipinski definition) is 4. The topological polar surface area (TPSA) is 98.0 Å². The summed E-state index contributed by atoms with van der Waals surface area (Å²) in [5.74, 6) is 0. The van der Waals surface area contributed by atoms with Gasteiger partial charge in [-0.1, -0.05) is 0 Å². The van der Waals surface area contributed by atoms with Crippen LogP contribution < -0.4 is 0 Å². The van der Waals surface area contributed by atoms with E-state index in [0.717, 1.165) is 0 Å². The zero-order chi connectivity index (χ0) is 9.56. The average molecular weight is 178 g/mol. The normalized spacial score (nSPS) is 18.3.